The molecule has 2 aromatic heterocycles. The van der Waals surface area contributed by atoms with Gasteiger partial charge in [0, 0.05) is 12.1 Å². The van der Waals surface area contributed by atoms with Gasteiger partial charge in [0.15, 0.2) is 0 Å². The van der Waals surface area contributed by atoms with Crippen molar-refractivity contribution in [2.45, 2.75) is 90.3 Å². The molecular formula is C36H46ClN7O3. The van der Waals surface area contributed by atoms with Crippen molar-refractivity contribution in [2.75, 3.05) is 20.2 Å². The summed E-state index contributed by atoms with van der Waals surface area (Å²) in [5.74, 6) is 13.9. The molecule has 3 aromatic rings. The molecule has 2 amide bonds. The molecule has 4 N–H and O–H groups in total. The number of amides is 2. The summed E-state index contributed by atoms with van der Waals surface area (Å²) in [6, 6.07) is 5.73. The number of aromatic nitrogens is 4. The van der Waals surface area contributed by atoms with Gasteiger partial charge in [-0.15, -0.1) is 12.4 Å². The van der Waals surface area contributed by atoms with E-state index in [1.54, 1.807) is 6.20 Å². The SMILES string of the molecule is CCCCCc1cc(-c2cnc(C3CCCN3C(=O)[C@@H](NC(=O)OC)C(C)C)[nH]2)ccc1C#CC#Cc1cnc(C2CCCN2)[nH]1.Cl. The van der Waals surface area contributed by atoms with Gasteiger partial charge in [0.05, 0.1) is 37.3 Å². The van der Waals surface area contributed by atoms with Crippen LogP contribution in [-0.2, 0) is 16.0 Å². The minimum Gasteiger partial charge on any atom is -0.453 e. The zero-order valence-corrected chi connectivity index (χ0v) is 28.6. The molecular weight excluding hydrogens is 614 g/mol. The molecule has 0 spiro atoms. The van der Waals surface area contributed by atoms with E-state index in [2.05, 4.69) is 74.4 Å². The number of hydrogen-bond donors (Lipinski definition) is 4. The molecule has 250 valence electrons. The van der Waals surface area contributed by atoms with Crippen LogP contribution in [0.2, 0.25) is 0 Å². The van der Waals surface area contributed by atoms with Crippen molar-refractivity contribution in [3.8, 4) is 34.9 Å². The summed E-state index contributed by atoms with van der Waals surface area (Å²) in [4.78, 5) is 43.3. The monoisotopic (exact) mass is 659 g/mol. The van der Waals surface area contributed by atoms with Gasteiger partial charge in [0.1, 0.15) is 23.4 Å². The second-order valence-electron chi connectivity index (χ2n) is 12.4. The third-order valence-corrected chi connectivity index (χ3v) is 8.75. The van der Waals surface area contributed by atoms with Crippen molar-refractivity contribution in [1.82, 2.24) is 35.5 Å². The fourth-order valence-electron chi connectivity index (χ4n) is 6.19. The summed E-state index contributed by atoms with van der Waals surface area (Å²) in [6.45, 7) is 7.67. The van der Waals surface area contributed by atoms with Crippen LogP contribution in [-0.4, -0.2) is 63.1 Å². The van der Waals surface area contributed by atoms with Gasteiger partial charge in [0.25, 0.3) is 0 Å². The number of nitrogens with zero attached hydrogens (tertiary/aromatic N) is 3. The molecule has 4 heterocycles. The van der Waals surface area contributed by atoms with Gasteiger partial charge < -0.3 is 30.2 Å². The molecule has 0 radical (unpaired) electrons. The molecule has 5 rings (SSSR count). The van der Waals surface area contributed by atoms with Crippen LogP contribution in [0, 0.1) is 29.6 Å². The summed E-state index contributed by atoms with van der Waals surface area (Å²) < 4.78 is 4.76. The number of unbranched alkanes of at least 4 members (excludes halogenated alkanes) is 2. The number of carbonyl (C=O) groups excluding carboxylic acids is 2. The Morgan fingerprint density at radius 2 is 1.87 bits per heavy atom. The number of imidazole rings is 2. The number of nitrogens with one attached hydrogen (secondary N) is 4. The molecule has 2 aliphatic rings. The fourth-order valence-corrected chi connectivity index (χ4v) is 6.19. The molecule has 3 atom stereocenters. The maximum Gasteiger partial charge on any atom is 0.407 e. The normalized spacial score (nSPS) is 17.7. The number of halogens is 1. The largest absolute Gasteiger partial charge is 0.453 e. The number of aromatic amines is 2. The average Bonchev–Trinajstić information content (AvgIpc) is 3.89. The quantitative estimate of drug-likeness (QED) is 0.160. The van der Waals surface area contributed by atoms with E-state index in [9.17, 15) is 9.59 Å². The molecule has 2 aliphatic heterocycles. The number of H-pyrrole nitrogens is 2. The fraction of sp³-hybridized carbons (Fsp3) is 0.500. The van der Waals surface area contributed by atoms with E-state index in [1.165, 1.54) is 12.7 Å². The maximum atomic E-state index is 13.5. The number of benzene rings is 1. The van der Waals surface area contributed by atoms with E-state index in [0.717, 1.165) is 92.1 Å². The predicted octanol–water partition coefficient (Wildman–Crippen LogP) is 5.83. The van der Waals surface area contributed by atoms with Crippen molar-refractivity contribution in [2.24, 2.45) is 5.92 Å². The number of alkyl carbamates (subject to hydrolysis) is 1. The van der Waals surface area contributed by atoms with E-state index in [0.29, 0.717) is 6.54 Å². The van der Waals surface area contributed by atoms with Crippen LogP contribution in [0.15, 0.2) is 30.6 Å². The zero-order valence-electron chi connectivity index (χ0n) is 27.7. The van der Waals surface area contributed by atoms with Gasteiger partial charge in [-0.3, -0.25) is 4.79 Å². The summed E-state index contributed by atoms with van der Waals surface area (Å²) >= 11 is 0. The Labute approximate surface area is 284 Å². The minimum absolute atomic E-state index is 0. The van der Waals surface area contributed by atoms with E-state index < -0.39 is 12.1 Å². The Morgan fingerprint density at radius 1 is 1.06 bits per heavy atom. The number of rotatable bonds is 10. The number of carbonyl (C=O) groups is 2. The van der Waals surface area contributed by atoms with Crippen molar-refractivity contribution in [3.05, 3.63) is 59.1 Å². The Balaban J connectivity index is 0.00000500. The van der Waals surface area contributed by atoms with Gasteiger partial charge in [-0.1, -0.05) is 45.6 Å². The zero-order chi connectivity index (χ0) is 32.5. The topological polar surface area (TPSA) is 128 Å². The van der Waals surface area contributed by atoms with E-state index in [1.807, 2.05) is 24.9 Å². The minimum atomic E-state index is -0.669. The number of likely N-dealkylation sites (tertiary alicyclic amines) is 1. The predicted molar refractivity (Wildman–Crippen MR) is 185 cm³/mol. The number of hydrogen-bond acceptors (Lipinski definition) is 6. The van der Waals surface area contributed by atoms with Gasteiger partial charge in [-0.2, -0.15) is 0 Å². The van der Waals surface area contributed by atoms with Crippen molar-refractivity contribution < 1.29 is 14.3 Å². The Morgan fingerprint density at radius 3 is 2.62 bits per heavy atom. The van der Waals surface area contributed by atoms with Gasteiger partial charge >= 0.3 is 6.09 Å². The molecule has 1 aromatic carbocycles. The molecule has 0 bridgehead atoms. The first-order valence-electron chi connectivity index (χ1n) is 16.5. The smallest absolute Gasteiger partial charge is 0.407 e. The molecule has 2 fully saturated rings. The van der Waals surface area contributed by atoms with E-state index in [-0.39, 0.29) is 36.3 Å². The summed E-state index contributed by atoms with van der Waals surface area (Å²) in [5, 5.41) is 6.15. The summed E-state index contributed by atoms with van der Waals surface area (Å²) in [5.41, 5.74) is 4.84. The van der Waals surface area contributed by atoms with Crippen LogP contribution in [0.3, 0.4) is 0 Å². The van der Waals surface area contributed by atoms with Crippen LogP contribution in [0.4, 0.5) is 4.79 Å². The molecule has 2 unspecified atom stereocenters. The Bertz CT molecular complexity index is 1630. The van der Waals surface area contributed by atoms with Gasteiger partial charge in [-0.05, 0) is 92.0 Å². The third kappa shape index (κ3) is 8.97. The highest BCUT2D eigenvalue weighted by Crippen LogP contribution is 2.33. The summed E-state index contributed by atoms with van der Waals surface area (Å²) in [6.07, 6.45) is 11.2. The molecule has 0 saturated carbocycles. The van der Waals surface area contributed by atoms with Crippen molar-refractivity contribution in [1.29, 1.82) is 0 Å². The second kappa shape index (κ2) is 17.1. The first-order valence-corrected chi connectivity index (χ1v) is 16.5. The Hall–Kier alpha value is -4.25. The highest BCUT2D eigenvalue weighted by Gasteiger charge is 2.37. The Kier molecular flexibility index (Phi) is 12.9. The van der Waals surface area contributed by atoms with E-state index >= 15 is 0 Å². The van der Waals surface area contributed by atoms with Crippen LogP contribution >= 0.6 is 12.4 Å². The van der Waals surface area contributed by atoms with Gasteiger partial charge in [0.2, 0.25) is 5.91 Å². The highest BCUT2D eigenvalue weighted by molar-refractivity contribution is 5.86. The average molecular weight is 660 g/mol. The first kappa shape index (κ1) is 35.6. The van der Waals surface area contributed by atoms with Crippen molar-refractivity contribution >= 4 is 24.4 Å². The van der Waals surface area contributed by atoms with Crippen LogP contribution < -0.4 is 10.6 Å². The molecule has 10 nitrogen and oxygen atoms in total. The number of aryl methyl sites for hydroxylation is 1. The van der Waals surface area contributed by atoms with Crippen LogP contribution in [0.5, 0.6) is 0 Å². The van der Waals surface area contributed by atoms with E-state index in [4.69, 9.17) is 9.72 Å². The standard InChI is InChI=1S/C36H45N7O3.ClH/c1-5-6-7-13-26-21-27(18-17-25(26)12-8-9-14-28-22-38-33(40-28)29-15-10-19-37-29)30-23-39-34(41-30)31-16-11-20-43(31)35(44)32(24(2)3)42-36(45)46-4;/h17-18,21-24,29,31-32,37H,5-7,10-11,13,15-16,19-20H2,1-4H3,(H,38,40)(H,39,41)(H,42,45);1H/t29?,31?,32-;/m0./s1. The molecule has 0 aliphatic carbocycles. The lowest BCUT2D eigenvalue weighted by atomic mass is 9.98. The molecule has 11 heteroatoms. The van der Waals surface area contributed by atoms with Crippen LogP contribution in [0.1, 0.15) is 106 Å². The number of ether oxygens (including phenoxy) is 1. The second-order valence-corrected chi connectivity index (χ2v) is 12.4. The third-order valence-electron chi connectivity index (χ3n) is 8.75. The first-order chi connectivity index (χ1) is 22.4. The number of methoxy groups -OCH3 is 1. The molecule has 47 heavy (non-hydrogen) atoms. The lowest BCUT2D eigenvalue weighted by molar-refractivity contribution is -0.135. The lowest BCUT2D eigenvalue weighted by Gasteiger charge is -2.30. The maximum absolute atomic E-state index is 13.5. The molecule has 2 saturated heterocycles. The van der Waals surface area contributed by atoms with Crippen LogP contribution in [0.25, 0.3) is 11.3 Å². The highest BCUT2D eigenvalue weighted by atomic mass is 35.5. The van der Waals surface area contributed by atoms with Gasteiger partial charge in [-0.25, -0.2) is 14.8 Å². The lowest BCUT2D eigenvalue weighted by Crippen LogP contribution is -2.51. The van der Waals surface area contributed by atoms with Crippen molar-refractivity contribution in [3.63, 3.8) is 0 Å². The summed E-state index contributed by atoms with van der Waals surface area (Å²) in [7, 11) is 1.30.